The number of nitrogens with zero attached hydrogens (tertiary/aromatic N) is 1. The van der Waals surface area contributed by atoms with Crippen LogP contribution < -0.4 is 4.90 Å². The molecule has 0 aliphatic heterocycles. The highest BCUT2D eigenvalue weighted by molar-refractivity contribution is 5.88. The first-order valence-electron chi connectivity index (χ1n) is 6.20. The molecule has 1 aromatic rings. The van der Waals surface area contributed by atoms with E-state index >= 15 is 0 Å². The lowest BCUT2D eigenvalue weighted by Crippen LogP contribution is -2.37. The fourth-order valence-electron chi connectivity index (χ4n) is 2.55. The summed E-state index contributed by atoms with van der Waals surface area (Å²) in [6, 6.07) is 5.19. The maximum Gasteiger partial charge on any atom is 0.335 e. The van der Waals surface area contributed by atoms with E-state index in [-0.39, 0.29) is 6.10 Å². The Hall–Kier alpha value is -1.55. The van der Waals surface area contributed by atoms with Gasteiger partial charge in [-0.05, 0) is 49.4 Å². The third kappa shape index (κ3) is 2.64. The molecule has 0 bridgehead atoms. The van der Waals surface area contributed by atoms with E-state index in [0.717, 1.165) is 30.6 Å². The van der Waals surface area contributed by atoms with Crippen LogP contribution in [0.25, 0.3) is 0 Å². The summed E-state index contributed by atoms with van der Waals surface area (Å²) in [5.41, 5.74) is 2.35. The SMILES string of the molecule is Cc1cc(C(=O)O)ccc1N(C)CC1CC(O)C1. The number of carboxylic acids is 1. The molecule has 0 spiro atoms. The van der Waals surface area contributed by atoms with Gasteiger partial charge in [-0.2, -0.15) is 0 Å². The maximum absolute atomic E-state index is 10.9. The summed E-state index contributed by atoms with van der Waals surface area (Å²) in [6.45, 7) is 2.83. The van der Waals surface area contributed by atoms with Crippen LogP contribution in [0.15, 0.2) is 18.2 Å². The van der Waals surface area contributed by atoms with Gasteiger partial charge in [0.2, 0.25) is 0 Å². The highest BCUT2D eigenvalue weighted by Crippen LogP contribution is 2.30. The van der Waals surface area contributed by atoms with Crippen molar-refractivity contribution in [2.24, 2.45) is 5.92 Å². The van der Waals surface area contributed by atoms with E-state index in [1.807, 2.05) is 20.0 Å². The van der Waals surface area contributed by atoms with Gasteiger partial charge in [-0.25, -0.2) is 4.79 Å². The van der Waals surface area contributed by atoms with Crippen molar-refractivity contribution in [2.75, 3.05) is 18.5 Å². The monoisotopic (exact) mass is 249 g/mol. The fraction of sp³-hybridized carbons (Fsp3) is 0.500. The smallest absolute Gasteiger partial charge is 0.335 e. The predicted molar refractivity (Wildman–Crippen MR) is 70.1 cm³/mol. The molecule has 4 nitrogen and oxygen atoms in total. The topological polar surface area (TPSA) is 60.8 Å². The van der Waals surface area contributed by atoms with Crippen molar-refractivity contribution in [3.63, 3.8) is 0 Å². The Kier molecular flexibility index (Phi) is 3.57. The number of carbonyl (C=O) groups is 1. The van der Waals surface area contributed by atoms with Crippen LogP contribution in [-0.2, 0) is 0 Å². The van der Waals surface area contributed by atoms with E-state index in [0.29, 0.717) is 11.5 Å². The van der Waals surface area contributed by atoms with Crippen LogP contribution in [-0.4, -0.2) is 35.9 Å². The molecule has 0 atom stereocenters. The molecule has 0 unspecified atom stereocenters. The van der Waals surface area contributed by atoms with Crippen LogP contribution in [0.4, 0.5) is 5.69 Å². The highest BCUT2D eigenvalue weighted by Gasteiger charge is 2.28. The molecule has 1 aromatic carbocycles. The number of aliphatic hydroxyl groups is 1. The zero-order chi connectivity index (χ0) is 13.3. The second kappa shape index (κ2) is 4.98. The van der Waals surface area contributed by atoms with E-state index in [4.69, 9.17) is 5.11 Å². The van der Waals surface area contributed by atoms with Gasteiger partial charge in [-0.1, -0.05) is 0 Å². The summed E-state index contributed by atoms with van der Waals surface area (Å²) >= 11 is 0. The summed E-state index contributed by atoms with van der Waals surface area (Å²) in [6.07, 6.45) is 1.62. The zero-order valence-corrected chi connectivity index (χ0v) is 10.8. The minimum atomic E-state index is -0.894. The Bertz CT molecular complexity index is 452. The Morgan fingerprint density at radius 2 is 2.11 bits per heavy atom. The van der Waals surface area contributed by atoms with Gasteiger partial charge < -0.3 is 15.1 Å². The normalized spacial score (nSPS) is 22.4. The summed E-state index contributed by atoms with van der Waals surface area (Å²) in [5.74, 6) is -0.349. The molecule has 2 rings (SSSR count). The zero-order valence-electron chi connectivity index (χ0n) is 10.8. The molecule has 1 aliphatic carbocycles. The third-order valence-electron chi connectivity index (χ3n) is 3.60. The van der Waals surface area contributed by atoms with Crippen LogP contribution >= 0.6 is 0 Å². The maximum atomic E-state index is 10.9. The number of benzene rings is 1. The second-order valence-corrected chi connectivity index (χ2v) is 5.18. The lowest BCUT2D eigenvalue weighted by Gasteiger charge is -2.35. The average Bonchev–Trinajstić information content (AvgIpc) is 2.26. The van der Waals surface area contributed by atoms with Gasteiger partial charge in [0, 0.05) is 19.3 Å². The number of rotatable bonds is 4. The largest absolute Gasteiger partial charge is 0.478 e. The van der Waals surface area contributed by atoms with Crippen LogP contribution in [0.1, 0.15) is 28.8 Å². The molecule has 0 radical (unpaired) electrons. The minimum absolute atomic E-state index is 0.126. The molecule has 1 saturated carbocycles. The molecule has 1 fully saturated rings. The summed E-state index contributed by atoms with van der Waals surface area (Å²) in [7, 11) is 2.01. The quantitative estimate of drug-likeness (QED) is 0.855. The van der Waals surface area contributed by atoms with Crippen molar-refractivity contribution in [1.82, 2.24) is 0 Å². The first-order valence-corrected chi connectivity index (χ1v) is 6.20. The number of aromatic carboxylic acids is 1. The van der Waals surface area contributed by atoms with E-state index in [2.05, 4.69) is 4.90 Å². The number of aryl methyl sites for hydroxylation is 1. The molecule has 0 aromatic heterocycles. The molecule has 0 heterocycles. The van der Waals surface area contributed by atoms with E-state index in [9.17, 15) is 9.90 Å². The number of carboxylic acid groups (broad SMARTS) is 1. The molecule has 1 aliphatic rings. The lowest BCUT2D eigenvalue weighted by atomic mass is 9.82. The predicted octanol–water partition coefficient (Wildman–Crippen LogP) is 1.90. The number of hydrogen-bond donors (Lipinski definition) is 2. The van der Waals surface area contributed by atoms with Crippen LogP contribution in [0.2, 0.25) is 0 Å². The van der Waals surface area contributed by atoms with Crippen molar-refractivity contribution < 1.29 is 15.0 Å². The van der Waals surface area contributed by atoms with Gasteiger partial charge in [0.1, 0.15) is 0 Å². The van der Waals surface area contributed by atoms with Crippen LogP contribution in [0.5, 0.6) is 0 Å². The number of aliphatic hydroxyl groups excluding tert-OH is 1. The standard InChI is InChI=1S/C14H19NO3/c1-9-5-11(14(17)18)3-4-13(9)15(2)8-10-6-12(16)7-10/h3-5,10,12,16H,6-8H2,1-2H3,(H,17,18). The van der Waals surface area contributed by atoms with Crippen LogP contribution in [0, 0.1) is 12.8 Å². The van der Waals surface area contributed by atoms with Crippen molar-refractivity contribution in [1.29, 1.82) is 0 Å². The first kappa shape index (κ1) is 12.9. The minimum Gasteiger partial charge on any atom is -0.478 e. The van der Waals surface area contributed by atoms with Crippen LogP contribution in [0.3, 0.4) is 0 Å². The Labute approximate surface area is 107 Å². The van der Waals surface area contributed by atoms with E-state index in [1.54, 1.807) is 12.1 Å². The number of anilines is 1. The second-order valence-electron chi connectivity index (χ2n) is 5.18. The van der Waals surface area contributed by atoms with Gasteiger partial charge in [0.25, 0.3) is 0 Å². The Morgan fingerprint density at radius 1 is 1.44 bits per heavy atom. The number of hydrogen-bond acceptors (Lipinski definition) is 3. The summed E-state index contributed by atoms with van der Waals surface area (Å²) in [5, 5.41) is 18.2. The van der Waals surface area contributed by atoms with Crippen molar-refractivity contribution in [2.45, 2.75) is 25.9 Å². The highest BCUT2D eigenvalue weighted by atomic mass is 16.4. The first-order chi connectivity index (χ1) is 8.47. The molecule has 0 amide bonds. The third-order valence-corrected chi connectivity index (χ3v) is 3.60. The summed E-state index contributed by atoms with van der Waals surface area (Å²) in [4.78, 5) is 13.0. The van der Waals surface area contributed by atoms with Gasteiger partial charge in [0.05, 0.1) is 11.7 Å². The van der Waals surface area contributed by atoms with Crippen molar-refractivity contribution in [3.05, 3.63) is 29.3 Å². The fourth-order valence-corrected chi connectivity index (χ4v) is 2.55. The van der Waals surface area contributed by atoms with Gasteiger partial charge in [-0.15, -0.1) is 0 Å². The van der Waals surface area contributed by atoms with Gasteiger partial charge in [-0.3, -0.25) is 0 Å². The Balaban J connectivity index is 2.05. The molecular weight excluding hydrogens is 230 g/mol. The average molecular weight is 249 g/mol. The Morgan fingerprint density at radius 3 is 2.61 bits per heavy atom. The lowest BCUT2D eigenvalue weighted by molar-refractivity contribution is 0.0464. The van der Waals surface area contributed by atoms with E-state index in [1.165, 1.54) is 0 Å². The van der Waals surface area contributed by atoms with Gasteiger partial charge >= 0.3 is 5.97 Å². The molecule has 4 heteroatoms. The van der Waals surface area contributed by atoms with Crippen molar-refractivity contribution in [3.8, 4) is 0 Å². The summed E-state index contributed by atoms with van der Waals surface area (Å²) < 4.78 is 0. The molecule has 0 saturated heterocycles. The van der Waals surface area contributed by atoms with Crippen molar-refractivity contribution >= 4 is 11.7 Å². The molecule has 2 N–H and O–H groups in total. The molecule has 98 valence electrons. The van der Waals surface area contributed by atoms with Gasteiger partial charge in [0.15, 0.2) is 0 Å². The molecular formula is C14H19NO3. The van der Waals surface area contributed by atoms with E-state index < -0.39 is 5.97 Å². The molecule has 18 heavy (non-hydrogen) atoms.